The molecule has 0 unspecified atom stereocenters. The van der Waals surface area contributed by atoms with E-state index in [9.17, 15) is 30.8 Å². The predicted molar refractivity (Wildman–Crippen MR) is 152 cm³/mol. The molecule has 0 bridgehead atoms. The number of hydrogen-bond donors (Lipinski definition) is 3. The molecule has 11 heteroatoms. The third-order valence-corrected chi connectivity index (χ3v) is 8.59. The number of amides is 1. The van der Waals surface area contributed by atoms with Crippen molar-refractivity contribution in [2.24, 2.45) is 0 Å². The van der Waals surface area contributed by atoms with Crippen molar-refractivity contribution in [1.29, 1.82) is 0 Å². The van der Waals surface area contributed by atoms with Gasteiger partial charge in [0.2, 0.25) is 15.9 Å². The van der Waals surface area contributed by atoms with E-state index in [2.05, 4.69) is 42.2 Å². The number of nitrogens with one attached hydrogen (secondary N) is 3. The second-order valence-electron chi connectivity index (χ2n) is 11.6. The smallest absolute Gasteiger partial charge is 0.349 e. The molecule has 6 nitrogen and oxygen atoms in total. The summed E-state index contributed by atoms with van der Waals surface area (Å²) in [5.74, 6) is -1.27. The molecule has 0 fully saturated rings. The summed E-state index contributed by atoms with van der Waals surface area (Å²) in [6.07, 6.45) is -2.83. The van der Waals surface area contributed by atoms with Gasteiger partial charge in [-0.25, -0.2) is 17.5 Å². The van der Waals surface area contributed by atoms with Crippen LogP contribution in [-0.2, 0) is 34.0 Å². The fourth-order valence-electron chi connectivity index (χ4n) is 5.00. The highest BCUT2D eigenvalue weighted by atomic mass is 32.2. The van der Waals surface area contributed by atoms with Crippen LogP contribution in [0.25, 0.3) is 0 Å². The van der Waals surface area contributed by atoms with Crippen LogP contribution in [0, 0.1) is 5.82 Å². The van der Waals surface area contributed by atoms with Gasteiger partial charge in [0.05, 0.1) is 22.5 Å². The lowest BCUT2D eigenvalue weighted by Gasteiger charge is -2.28. The van der Waals surface area contributed by atoms with Gasteiger partial charge in [0.1, 0.15) is 5.82 Å². The molecule has 0 aliphatic heterocycles. The Kier molecular flexibility index (Phi) is 9.44. The highest BCUT2D eigenvalue weighted by molar-refractivity contribution is 7.89. The molecule has 3 N–H and O–H groups in total. The molecule has 0 saturated carbocycles. The van der Waals surface area contributed by atoms with Crippen LogP contribution in [0.2, 0.25) is 0 Å². The summed E-state index contributed by atoms with van der Waals surface area (Å²) in [5, 5.41) is 6.42. The topological polar surface area (TPSA) is 87.3 Å². The van der Waals surface area contributed by atoms with E-state index in [-0.39, 0.29) is 17.1 Å². The fraction of sp³-hybridized carbons (Fsp3) is 0.387. The Morgan fingerprint density at radius 1 is 1.00 bits per heavy atom. The maximum atomic E-state index is 14.8. The van der Waals surface area contributed by atoms with Gasteiger partial charge in [-0.15, -0.1) is 0 Å². The highest BCUT2D eigenvalue weighted by Crippen LogP contribution is 2.33. The molecule has 0 radical (unpaired) electrons. The minimum Gasteiger partial charge on any atom is -0.349 e. The summed E-state index contributed by atoms with van der Waals surface area (Å²) in [5.41, 5.74) is 1.95. The average molecular weight is 606 g/mol. The van der Waals surface area contributed by atoms with Crippen molar-refractivity contribution in [1.82, 2.24) is 15.4 Å². The Morgan fingerprint density at radius 3 is 2.43 bits per heavy atom. The van der Waals surface area contributed by atoms with Gasteiger partial charge >= 0.3 is 6.18 Å². The molecule has 4 rings (SSSR count). The molecule has 2 atom stereocenters. The number of aryl methyl sites for hydroxylation is 1. The Labute approximate surface area is 244 Å². The first-order valence-corrected chi connectivity index (χ1v) is 15.2. The van der Waals surface area contributed by atoms with E-state index >= 15 is 0 Å². The normalized spacial score (nSPS) is 16.5. The van der Waals surface area contributed by atoms with Crippen molar-refractivity contribution >= 4 is 15.9 Å². The van der Waals surface area contributed by atoms with Crippen molar-refractivity contribution in [3.63, 3.8) is 0 Å². The molecule has 1 aliphatic rings. The second-order valence-corrected chi connectivity index (χ2v) is 13.3. The molecule has 0 saturated heterocycles. The van der Waals surface area contributed by atoms with Crippen LogP contribution >= 0.6 is 0 Å². The van der Waals surface area contributed by atoms with Gasteiger partial charge in [-0.1, -0.05) is 42.5 Å². The maximum absolute atomic E-state index is 14.8. The minimum atomic E-state index is -4.75. The molecule has 3 aromatic rings. The first kappa shape index (κ1) is 31.7. The lowest BCUT2D eigenvalue weighted by atomic mass is 9.86. The zero-order chi connectivity index (χ0) is 30.7. The molecular formula is C31H35F4N3O3S. The zero-order valence-electron chi connectivity index (χ0n) is 23.7. The van der Waals surface area contributed by atoms with Crippen LogP contribution < -0.4 is 15.4 Å². The molecule has 42 heavy (non-hydrogen) atoms. The van der Waals surface area contributed by atoms with Crippen molar-refractivity contribution in [3.05, 3.63) is 100 Å². The minimum absolute atomic E-state index is 0.0379. The van der Waals surface area contributed by atoms with Crippen LogP contribution in [0.4, 0.5) is 17.6 Å². The number of fused-ring (bicyclic) bond motifs is 1. The number of sulfonamides is 1. The molecule has 226 valence electrons. The first-order valence-electron chi connectivity index (χ1n) is 13.7. The van der Waals surface area contributed by atoms with Crippen LogP contribution in [0.5, 0.6) is 0 Å². The van der Waals surface area contributed by atoms with Gasteiger partial charge in [-0.3, -0.25) is 4.79 Å². The number of rotatable bonds is 9. The summed E-state index contributed by atoms with van der Waals surface area (Å²) in [4.78, 5) is 12.6. The van der Waals surface area contributed by atoms with Crippen LogP contribution in [0.15, 0.2) is 71.6 Å². The van der Waals surface area contributed by atoms with Crippen molar-refractivity contribution < 1.29 is 30.8 Å². The van der Waals surface area contributed by atoms with E-state index in [0.717, 1.165) is 53.8 Å². The van der Waals surface area contributed by atoms with Crippen LogP contribution in [0.1, 0.15) is 79.9 Å². The third kappa shape index (κ3) is 8.17. The maximum Gasteiger partial charge on any atom is 0.416 e. The monoisotopic (exact) mass is 605 g/mol. The van der Waals surface area contributed by atoms with Gasteiger partial charge < -0.3 is 10.6 Å². The number of benzene rings is 3. The fourth-order valence-corrected chi connectivity index (χ4v) is 6.26. The van der Waals surface area contributed by atoms with Gasteiger partial charge in [0.25, 0.3) is 0 Å². The van der Waals surface area contributed by atoms with Crippen molar-refractivity contribution in [2.75, 3.05) is 0 Å². The largest absolute Gasteiger partial charge is 0.416 e. The summed E-state index contributed by atoms with van der Waals surface area (Å²) < 4.78 is 83.0. The van der Waals surface area contributed by atoms with Gasteiger partial charge in [0, 0.05) is 24.1 Å². The van der Waals surface area contributed by atoms with Gasteiger partial charge in [-0.05, 0) is 81.0 Å². The van der Waals surface area contributed by atoms with Crippen LogP contribution in [-0.4, -0.2) is 19.9 Å². The van der Waals surface area contributed by atoms with E-state index in [1.807, 2.05) is 12.1 Å². The SMILES string of the molecule is CC(C)(C)NCc1ccc2c(c1)CCC[C@H]2NC(=O)C[C@H](NS(=O)(=O)c1cccc(C(F)(F)F)c1)c1ccccc1F. The quantitative estimate of drug-likeness (QED) is 0.249. The summed E-state index contributed by atoms with van der Waals surface area (Å²) in [6, 6.07) is 13.1. The molecular weight excluding hydrogens is 570 g/mol. The van der Waals surface area contributed by atoms with E-state index in [0.29, 0.717) is 19.0 Å². The number of hydrogen-bond acceptors (Lipinski definition) is 4. The molecule has 3 aromatic carbocycles. The van der Waals surface area contributed by atoms with Crippen molar-refractivity contribution in [3.8, 4) is 0 Å². The third-order valence-electron chi connectivity index (χ3n) is 7.12. The first-order chi connectivity index (χ1) is 19.6. The average Bonchev–Trinajstić information content (AvgIpc) is 2.91. The van der Waals surface area contributed by atoms with Gasteiger partial charge in [0.15, 0.2) is 0 Å². The van der Waals surface area contributed by atoms with E-state index in [1.54, 1.807) is 0 Å². The van der Waals surface area contributed by atoms with E-state index < -0.39 is 50.8 Å². The van der Waals surface area contributed by atoms with Crippen LogP contribution in [0.3, 0.4) is 0 Å². The van der Waals surface area contributed by atoms with Gasteiger partial charge in [-0.2, -0.15) is 13.2 Å². The highest BCUT2D eigenvalue weighted by Gasteiger charge is 2.33. The summed E-state index contributed by atoms with van der Waals surface area (Å²) in [7, 11) is -4.56. The van der Waals surface area contributed by atoms with Crippen molar-refractivity contribution in [2.45, 2.75) is 81.7 Å². The lowest BCUT2D eigenvalue weighted by molar-refractivity contribution is -0.137. The standard InChI is InChI=1S/C31H35F4N3O3S/c1-30(2,3)36-19-20-14-15-24-21(16-20)8-6-13-27(24)37-29(39)18-28(25-11-4-5-12-26(25)32)38-42(40,41)23-10-7-9-22(17-23)31(33,34)35/h4-5,7,9-12,14-17,27-28,36,38H,6,8,13,18-19H2,1-3H3,(H,37,39)/t27-,28+/m1/s1. The number of carbonyl (C=O) groups is 1. The number of carbonyl (C=O) groups excluding carboxylic acids is 1. The van der Waals surface area contributed by atoms with E-state index in [4.69, 9.17) is 0 Å². The number of halogens is 4. The summed E-state index contributed by atoms with van der Waals surface area (Å²) >= 11 is 0. The Bertz CT molecular complexity index is 1530. The Morgan fingerprint density at radius 2 is 1.74 bits per heavy atom. The molecule has 1 amide bonds. The molecule has 0 aromatic heterocycles. The second kappa shape index (κ2) is 12.5. The zero-order valence-corrected chi connectivity index (χ0v) is 24.5. The molecule has 0 spiro atoms. The predicted octanol–water partition coefficient (Wildman–Crippen LogP) is 6.34. The lowest BCUT2D eigenvalue weighted by Crippen LogP contribution is -2.36. The Hall–Kier alpha value is -3.28. The molecule has 0 heterocycles. The van der Waals surface area contributed by atoms with E-state index in [1.165, 1.54) is 18.2 Å². The Balaban J connectivity index is 1.54. The summed E-state index contributed by atoms with van der Waals surface area (Å²) in [6.45, 7) is 6.96. The number of alkyl halides is 3. The molecule has 1 aliphatic carbocycles.